The molecule has 0 saturated carbocycles. The van der Waals surface area contributed by atoms with Gasteiger partial charge in [-0.2, -0.15) is 0 Å². The summed E-state index contributed by atoms with van der Waals surface area (Å²) in [5, 5.41) is 2.80. The molecule has 8 heteroatoms. The fourth-order valence-corrected chi connectivity index (χ4v) is 4.03. The third-order valence-corrected chi connectivity index (χ3v) is 5.41. The van der Waals surface area contributed by atoms with Gasteiger partial charge in [0.05, 0.1) is 18.0 Å². The predicted molar refractivity (Wildman–Crippen MR) is 92.5 cm³/mol. The highest BCUT2D eigenvalue weighted by Crippen LogP contribution is 2.24. The molecule has 0 aliphatic heterocycles. The third-order valence-electron chi connectivity index (χ3n) is 3.65. The molecular weight excluding hydrogens is 332 g/mol. The minimum atomic E-state index is -0.0399. The van der Waals surface area contributed by atoms with Crippen molar-refractivity contribution >= 4 is 28.1 Å². The molecule has 0 aromatic carbocycles. The summed E-state index contributed by atoms with van der Waals surface area (Å²) in [7, 11) is 1.69. The Hall–Kier alpha value is -1.64. The molecule has 6 nitrogen and oxygen atoms in total. The molecule has 3 aromatic heterocycles. The number of aryl methyl sites for hydroxylation is 1. The maximum absolute atomic E-state index is 12.0. The molecule has 3 heterocycles. The lowest BCUT2D eigenvalue weighted by Gasteiger charge is -2.09. The van der Waals surface area contributed by atoms with Crippen LogP contribution in [0.3, 0.4) is 0 Å². The number of thiazole rings is 1. The van der Waals surface area contributed by atoms with Crippen LogP contribution in [0.25, 0.3) is 4.96 Å². The largest absolute Gasteiger partial charge is 0.383 e. The van der Waals surface area contributed by atoms with Crippen molar-refractivity contribution in [3.63, 3.8) is 0 Å². The second kappa shape index (κ2) is 6.86. The fraction of sp³-hybridized carbons (Fsp3) is 0.400. The number of ether oxygens (including phenoxy) is 1. The van der Waals surface area contributed by atoms with Gasteiger partial charge in [-0.1, -0.05) is 11.8 Å². The van der Waals surface area contributed by atoms with Gasteiger partial charge in [0.25, 0.3) is 5.56 Å². The van der Waals surface area contributed by atoms with Crippen molar-refractivity contribution < 1.29 is 4.74 Å². The van der Waals surface area contributed by atoms with Crippen LogP contribution in [0.4, 0.5) is 0 Å². The van der Waals surface area contributed by atoms with E-state index in [-0.39, 0.29) is 5.56 Å². The number of rotatable bonds is 6. The van der Waals surface area contributed by atoms with E-state index in [2.05, 4.69) is 21.5 Å². The molecule has 122 valence electrons. The molecule has 3 rings (SSSR count). The lowest BCUT2D eigenvalue weighted by molar-refractivity contribution is 0.184. The lowest BCUT2D eigenvalue weighted by atomic mass is 10.4. The number of nitrogens with zero attached hydrogens (tertiary/aromatic N) is 4. The average molecular weight is 350 g/mol. The van der Waals surface area contributed by atoms with Crippen molar-refractivity contribution in [1.29, 1.82) is 0 Å². The Morgan fingerprint density at radius 3 is 2.96 bits per heavy atom. The maximum atomic E-state index is 12.0. The van der Waals surface area contributed by atoms with E-state index in [1.807, 2.05) is 12.3 Å². The summed E-state index contributed by atoms with van der Waals surface area (Å²) in [6.45, 7) is 5.48. The molecule has 0 N–H and O–H groups in total. The van der Waals surface area contributed by atoms with Gasteiger partial charge in [-0.3, -0.25) is 9.20 Å². The van der Waals surface area contributed by atoms with Crippen molar-refractivity contribution in [3.05, 3.63) is 45.1 Å². The first kappa shape index (κ1) is 16.2. The smallest absolute Gasteiger partial charge is 0.258 e. The van der Waals surface area contributed by atoms with E-state index in [1.54, 1.807) is 35.5 Å². The number of imidazole rings is 1. The van der Waals surface area contributed by atoms with E-state index in [0.29, 0.717) is 12.4 Å². The van der Waals surface area contributed by atoms with Crippen LogP contribution in [0.15, 0.2) is 27.6 Å². The Labute approximate surface area is 142 Å². The summed E-state index contributed by atoms with van der Waals surface area (Å²) in [6, 6.07) is 1.59. The monoisotopic (exact) mass is 350 g/mol. The highest BCUT2D eigenvalue weighted by molar-refractivity contribution is 7.98. The van der Waals surface area contributed by atoms with E-state index in [4.69, 9.17) is 4.74 Å². The van der Waals surface area contributed by atoms with Gasteiger partial charge in [-0.15, -0.1) is 11.3 Å². The lowest BCUT2D eigenvalue weighted by Crippen LogP contribution is -2.12. The van der Waals surface area contributed by atoms with Crippen LogP contribution in [0.2, 0.25) is 0 Å². The summed E-state index contributed by atoms with van der Waals surface area (Å²) in [5.41, 5.74) is 2.90. The Morgan fingerprint density at radius 2 is 2.17 bits per heavy atom. The molecule has 0 aliphatic rings. The van der Waals surface area contributed by atoms with Crippen LogP contribution in [-0.2, 0) is 17.0 Å². The minimum absolute atomic E-state index is 0.0399. The normalized spacial score (nSPS) is 11.4. The highest BCUT2D eigenvalue weighted by Gasteiger charge is 2.12. The third kappa shape index (κ3) is 3.34. The van der Waals surface area contributed by atoms with Crippen molar-refractivity contribution in [3.8, 4) is 0 Å². The van der Waals surface area contributed by atoms with Crippen molar-refractivity contribution in [2.75, 3.05) is 13.7 Å². The molecule has 0 aliphatic carbocycles. The van der Waals surface area contributed by atoms with Gasteiger partial charge in [-0.05, 0) is 13.8 Å². The van der Waals surface area contributed by atoms with Crippen LogP contribution in [0.1, 0.15) is 17.1 Å². The first-order chi connectivity index (χ1) is 11.1. The number of hydrogen-bond donors (Lipinski definition) is 0. The fourth-order valence-electron chi connectivity index (χ4n) is 2.28. The van der Waals surface area contributed by atoms with Gasteiger partial charge >= 0.3 is 0 Å². The SMILES string of the molecule is COCCn1c(SCc2cc(=O)n3ccsc3n2)nc(C)c1C. The molecule has 23 heavy (non-hydrogen) atoms. The first-order valence-corrected chi connectivity index (χ1v) is 9.08. The van der Waals surface area contributed by atoms with E-state index < -0.39 is 0 Å². The molecular formula is C15H18N4O2S2. The van der Waals surface area contributed by atoms with E-state index in [1.165, 1.54) is 11.3 Å². The topological polar surface area (TPSA) is 61.4 Å². The summed E-state index contributed by atoms with van der Waals surface area (Å²) < 4.78 is 8.88. The second-order valence-corrected chi connectivity index (χ2v) is 6.96. The van der Waals surface area contributed by atoms with Crippen molar-refractivity contribution in [2.24, 2.45) is 0 Å². The molecule has 3 aromatic rings. The standard InChI is InChI=1S/C15H18N4O2S2/c1-10-11(2)18(4-6-21-3)14(16-10)23-9-12-8-13(20)19-5-7-22-15(19)17-12/h5,7-8H,4,6,9H2,1-3H3. The van der Waals surface area contributed by atoms with Gasteiger partial charge in [0, 0.05) is 42.7 Å². The molecule has 0 radical (unpaired) electrons. The summed E-state index contributed by atoms with van der Waals surface area (Å²) in [5.74, 6) is 0.618. The van der Waals surface area contributed by atoms with Crippen LogP contribution >= 0.6 is 23.1 Å². The number of hydrogen-bond acceptors (Lipinski definition) is 6. The highest BCUT2D eigenvalue weighted by atomic mass is 32.2. The molecule has 0 atom stereocenters. The van der Waals surface area contributed by atoms with Crippen molar-refractivity contribution in [2.45, 2.75) is 31.3 Å². The molecule has 0 unspecified atom stereocenters. The molecule has 0 fully saturated rings. The summed E-state index contributed by atoms with van der Waals surface area (Å²) in [6.07, 6.45) is 1.75. The molecule has 0 bridgehead atoms. The first-order valence-electron chi connectivity index (χ1n) is 7.21. The number of thioether (sulfide) groups is 1. The quantitative estimate of drug-likeness (QED) is 0.639. The van der Waals surface area contributed by atoms with Gasteiger partial charge in [-0.25, -0.2) is 9.97 Å². The maximum Gasteiger partial charge on any atom is 0.258 e. The molecule has 0 spiro atoms. The zero-order valence-corrected chi connectivity index (χ0v) is 14.9. The minimum Gasteiger partial charge on any atom is -0.383 e. The van der Waals surface area contributed by atoms with Gasteiger partial charge in [0.1, 0.15) is 0 Å². The number of aromatic nitrogens is 4. The Bertz CT molecular complexity index is 881. The Balaban J connectivity index is 1.81. The second-order valence-electron chi connectivity index (χ2n) is 5.14. The average Bonchev–Trinajstić information content (AvgIpc) is 3.10. The number of fused-ring (bicyclic) bond motifs is 1. The van der Waals surface area contributed by atoms with Crippen LogP contribution < -0.4 is 5.56 Å². The van der Waals surface area contributed by atoms with Crippen LogP contribution in [0.5, 0.6) is 0 Å². The van der Waals surface area contributed by atoms with Gasteiger partial charge in [0.15, 0.2) is 10.1 Å². The van der Waals surface area contributed by atoms with E-state index in [0.717, 1.165) is 33.7 Å². The van der Waals surface area contributed by atoms with E-state index in [9.17, 15) is 4.79 Å². The molecule has 0 saturated heterocycles. The zero-order valence-electron chi connectivity index (χ0n) is 13.3. The van der Waals surface area contributed by atoms with Crippen LogP contribution in [-0.4, -0.2) is 32.7 Å². The van der Waals surface area contributed by atoms with Crippen LogP contribution in [0, 0.1) is 13.8 Å². The molecule has 0 amide bonds. The van der Waals surface area contributed by atoms with Gasteiger partial charge in [0.2, 0.25) is 0 Å². The zero-order chi connectivity index (χ0) is 16.4. The number of methoxy groups -OCH3 is 1. The van der Waals surface area contributed by atoms with E-state index >= 15 is 0 Å². The van der Waals surface area contributed by atoms with Gasteiger partial charge < -0.3 is 9.30 Å². The predicted octanol–water partition coefficient (Wildman–Crippen LogP) is 2.51. The summed E-state index contributed by atoms with van der Waals surface area (Å²) >= 11 is 3.06. The Kier molecular flexibility index (Phi) is 4.84. The Morgan fingerprint density at radius 1 is 1.35 bits per heavy atom. The summed E-state index contributed by atoms with van der Waals surface area (Å²) in [4.78, 5) is 21.9. The van der Waals surface area contributed by atoms with Crippen molar-refractivity contribution in [1.82, 2.24) is 18.9 Å².